The van der Waals surface area contributed by atoms with Gasteiger partial charge in [0.15, 0.2) is 0 Å². The van der Waals surface area contributed by atoms with E-state index in [1.807, 2.05) is 27.7 Å². The molecule has 5 nitrogen and oxygen atoms in total. The monoisotopic (exact) mass is 239 g/mol. The van der Waals surface area contributed by atoms with Crippen molar-refractivity contribution in [1.29, 1.82) is 0 Å². The Labute approximate surface area is 102 Å². The number of hydrogen-bond donors (Lipinski definition) is 2. The van der Waals surface area contributed by atoms with E-state index < -0.39 is 0 Å². The highest BCUT2D eigenvalue weighted by molar-refractivity contribution is 5.48. The van der Waals surface area contributed by atoms with Crippen LogP contribution in [0.3, 0.4) is 0 Å². The van der Waals surface area contributed by atoms with E-state index in [1.165, 1.54) is 0 Å². The quantitative estimate of drug-likeness (QED) is 0.791. The van der Waals surface area contributed by atoms with E-state index in [2.05, 4.69) is 15.3 Å². The van der Waals surface area contributed by atoms with Gasteiger partial charge in [-0.05, 0) is 13.8 Å². The minimum absolute atomic E-state index is 0.0169. The van der Waals surface area contributed by atoms with Gasteiger partial charge in [0.25, 0.3) is 0 Å². The van der Waals surface area contributed by atoms with Gasteiger partial charge in [0.2, 0.25) is 5.88 Å². The standard InChI is InChI=1S/C12H21N3O2/c1-5-13-11-9(4)12(17-7-6-16)15-10(14-11)8(2)3/h8,16H,5-7H2,1-4H3,(H,13,14,15). The molecule has 0 aliphatic heterocycles. The molecule has 0 unspecified atom stereocenters. The molecule has 0 bridgehead atoms. The van der Waals surface area contributed by atoms with Crippen molar-refractivity contribution in [3.05, 3.63) is 11.4 Å². The fourth-order valence-electron chi connectivity index (χ4n) is 1.39. The van der Waals surface area contributed by atoms with Crippen LogP contribution >= 0.6 is 0 Å². The third kappa shape index (κ3) is 3.56. The van der Waals surface area contributed by atoms with Crippen LogP contribution in [0.4, 0.5) is 5.82 Å². The summed E-state index contributed by atoms with van der Waals surface area (Å²) in [7, 11) is 0. The van der Waals surface area contributed by atoms with Gasteiger partial charge in [0.1, 0.15) is 18.2 Å². The zero-order valence-electron chi connectivity index (χ0n) is 10.9. The normalized spacial score (nSPS) is 10.7. The number of nitrogens with zero attached hydrogens (tertiary/aromatic N) is 2. The van der Waals surface area contributed by atoms with E-state index in [1.54, 1.807) is 0 Å². The van der Waals surface area contributed by atoms with Crippen molar-refractivity contribution in [2.45, 2.75) is 33.6 Å². The lowest BCUT2D eigenvalue weighted by Gasteiger charge is -2.14. The molecule has 0 spiro atoms. The van der Waals surface area contributed by atoms with Crippen LogP contribution in [0.2, 0.25) is 0 Å². The van der Waals surface area contributed by atoms with E-state index in [0.29, 0.717) is 5.88 Å². The zero-order chi connectivity index (χ0) is 12.8. The van der Waals surface area contributed by atoms with Crippen LogP contribution in [0.1, 0.15) is 38.1 Å². The van der Waals surface area contributed by atoms with E-state index in [4.69, 9.17) is 9.84 Å². The van der Waals surface area contributed by atoms with Crippen LogP contribution in [0, 0.1) is 6.92 Å². The smallest absolute Gasteiger partial charge is 0.221 e. The van der Waals surface area contributed by atoms with Crippen molar-refractivity contribution in [1.82, 2.24) is 9.97 Å². The van der Waals surface area contributed by atoms with Gasteiger partial charge in [-0.25, -0.2) is 4.98 Å². The summed E-state index contributed by atoms with van der Waals surface area (Å²) < 4.78 is 5.42. The highest BCUT2D eigenvalue weighted by Crippen LogP contribution is 2.24. The molecule has 0 amide bonds. The molecule has 0 saturated heterocycles. The summed E-state index contributed by atoms with van der Waals surface area (Å²) in [4.78, 5) is 8.83. The molecule has 0 aliphatic rings. The minimum atomic E-state index is -0.0169. The molecule has 0 fully saturated rings. The van der Waals surface area contributed by atoms with Gasteiger partial charge in [-0.2, -0.15) is 4.98 Å². The molecule has 0 radical (unpaired) electrons. The maximum atomic E-state index is 8.79. The molecular weight excluding hydrogens is 218 g/mol. The lowest BCUT2D eigenvalue weighted by Crippen LogP contribution is -2.11. The molecule has 0 atom stereocenters. The molecule has 5 heteroatoms. The van der Waals surface area contributed by atoms with Crippen molar-refractivity contribution in [3.8, 4) is 5.88 Å². The molecule has 1 aromatic rings. The van der Waals surface area contributed by atoms with E-state index >= 15 is 0 Å². The molecule has 0 aromatic carbocycles. The molecule has 1 rings (SSSR count). The van der Waals surface area contributed by atoms with Crippen LogP contribution in [-0.4, -0.2) is 34.8 Å². The first-order chi connectivity index (χ1) is 8.10. The van der Waals surface area contributed by atoms with Crippen LogP contribution in [0.25, 0.3) is 0 Å². The topological polar surface area (TPSA) is 67.3 Å². The Morgan fingerprint density at radius 2 is 2.06 bits per heavy atom. The third-order valence-corrected chi connectivity index (χ3v) is 2.31. The van der Waals surface area contributed by atoms with Crippen LogP contribution in [0.5, 0.6) is 5.88 Å². The largest absolute Gasteiger partial charge is 0.475 e. The lowest BCUT2D eigenvalue weighted by molar-refractivity contribution is 0.195. The van der Waals surface area contributed by atoms with Gasteiger partial charge in [-0.3, -0.25) is 0 Å². The number of aromatic nitrogens is 2. The number of rotatable bonds is 6. The molecular formula is C12H21N3O2. The summed E-state index contributed by atoms with van der Waals surface area (Å²) in [5, 5.41) is 12.0. The van der Waals surface area contributed by atoms with Crippen LogP contribution in [0.15, 0.2) is 0 Å². The summed E-state index contributed by atoms with van der Waals surface area (Å²) in [6.45, 7) is 9.04. The second-order valence-electron chi connectivity index (χ2n) is 4.12. The van der Waals surface area contributed by atoms with Crippen molar-refractivity contribution in [3.63, 3.8) is 0 Å². The highest BCUT2D eigenvalue weighted by atomic mass is 16.5. The number of hydrogen-bond acceptors (Lipinski definition) is 5. The van der Waals surface area contributed by atoms with Crippen LogP contribution in [-0.2, 0) is 0 Å². The van der Waals surface area contributed by atoms with Gasteiger partial charge in [-0.15, -0.1) is 0 Å². The van der Waals surface area contributed by atoms with E-state index in [9.17, 15) is 0 Å². The Balaban J connectivity index is 3.08. The fourth-order valence-corrected chi connectivity index (χ4v) is 1.39. The number of aliphatic hydroxyl groups is 1. The molecule has 2 N–H and O–H groups in total. The summed E-state index contributed by atoms with van der Waals surface area (Å²) in [5.41, 5.74) is 0.879. The third-order valence-electron chi connectivity index (χ3n) is 2.31. The Morgan fingerprint density at radius 1 is 1.35 bits per heavy atom. The number of ether oxygens (including phenoxy) is 1. The molecule has 96 valence electrons. The average Bonchev–Trinajstić information content (AvgIpc) is 2.30. The second-order valence-corrected chi connectivity index (χ2v) is 4.12. The Morgan fingerprint density at radius 3 is 2.59 bits per heavy atom. The molecule has 17 heavy (non-hydrogen) atoms. The summed E-state index contributed by atoms with van der Waals surface area (Å²) in [6, 6.07) is 0. The maximum absolute atomic E-state index is 8.79. The fraction of sp³-hybridized carbons (Fsp3) is 0.667. The maximum Gasteiger partial charge on any atom is 0.221 e. The van der Waals surface area contributed by atoms with Crippen molar-refractivity contribution >= 4 is 5.82 Å². The highest BCUT2D eigenvalue weighted by Gasteiger charge is 2.13. The number of nitrogens with one attached hydrogen (secondary N) is 1. The van der Waals surface area contributed by atoms with Crippen molar-refractivity contribution < 1.29 is 9.84 Å². The number of anilines is 1. The van der Waals surface area contributed by atoms with Crippen molar-refractivity contribution in [2.75, 3.05) is 25.1 Å². The van der Waals surface area contributed by atoms with Gasteiger partial charge < -0.3 is 15.2 Å². The predicted molar refractivity (Wildman–Crippen MR) is 67.6 cm³/mol. The van der Waals surface area contributed by atoms with E-state index in [0.717, 1.165) is 23.8 Å². The Kier molecular flexibility index (Phi) is 5.15. The number of aliphatic hydroxyl groups excluding tert-OH is 1. The zero-order valence-corrected chi connectivity index (χ0v) is 10.9. The minimum Gasteiger partial charge on any atom is -0.475 e. The molecule has 0 saturated carbocycles. The predicted octanol–water partition coefficient (Wildman–Crippen LogP) is 1.71. The van der Waals surface area contributed by atoms with Crippen molar-refractivity contribution in [2.24, 2.45) is 0 Å². The van der Waals surface area contributed by atoms with Gasteiger partial charge >= 0.3 is 0 Å². The van der Waals surface area contributed by atoms with Crippen LogP contribution < -0.4 is 10.1 Å². The lowest BCUT2D eigenvalue weighted by atomic mass is 10.2. The van der Waals surface area contributed by atoms with Gasteiger partial charge in [0.05, 0.1) is 12.2 Å². The Hall–Kier alpha value is -1.36. The van der Waals surface area contributed by atoms with Gasteiger partial charge in [0, 0.05) is 12.5 Å². The summed E-state index contributed by atoms with van der Waals surface area (Å²) in [5.74, 6) is 2.34. The average molecular weight is 239 g/mol. The Bertz CT molecular complexity index is 367. The molecule has 1 heterocycles. The summed E-state index contributed by atoms with van der Waals surface area (Å²) >= 11 is 0. The first kappa shape index (κ1) is 13.7. The first-order valence-electron chi connectivity index (χ1n) is 5.96. The summed E-state index contributed by atoms with van der Waals surface area (Å²) in [6.07, 6.45) is 0. The SMILES string of the molecule is CCNc1nc(C(C)C)nc(OCCO)c1C. The second kappa shape index (κ2) is 6.39. The van der Waals surface area contributed by atoms with E-state index in [-0.39, 0.29) is 19.1 Å². The van der Waals surface area contributed by atoms with Gasteiger partial charge in [-0.1, -0.05) is 13.8 Å². The molecule has 1 aromatic heterocycles. The molecule has 0 aliphatic carbocycles. The first-order valence-corrected chi connectivity index (χ1v) is 5.96.